The fourth-order valence-corrected chi connectivity index (χ4v) is 4.42. The fourth-order valence-electron chi connectivity index (χ4n) is 3.44. The van der Waals surface area contributed by atoms with Crippen LogP contribution in [-0.2, 0) is 0 Å². The van der Waals surface area contributed by atoms with Gasteiger partial charge in [0.2, 0.25) is 0 Å². The van der Waals surface area contributed by atoms with Gasteiger partial charge in [0.15, 0.2) is 5.82 Å². The summed E-state index contributed by atoms with van der Waals surface area (Å²) in [4.78, 5) is 7.33. The maximum atomic E-state index is 4.96. The topological polar surface area (TPSA) is 82.6 Å². The van der Waals surface area contributed by atoms with Crippen molar-refractivity contribution in [2.45, 2.75) is 25.8 Å². The van der Waals surface area contributed by atoms with Crippen LogP contribution in [0.3, 0.4) is 0 Å². The summed E-state index contributed by atoms with van der Waals surface area (Å²) < 4.78 is 1.23. The van der Waals surface area contributed by atoms with Crippen molar-refractivity contribution < 1.29 is 0 Å². The highest BCUT2D eigenvalue weighted by Gasteiger charge is 2.18. The van der Waals surface area contributed by atoms with Crippen LogP contribution in [-0.4, -0.2) is 56.7 Å². The molecule has 4 heterocycles. The minimum absolute atomic E-state index is 0.447. The molecule has 1 aliphatic rings. The van der Waals surface area contributed by atoms with Crippen LogP contribution in [0.25, 0.3) is 27.8 Å². The predicted octanol–water partition coefficient (Wildman–Crippen LogP) is 1.61. The van der Waals surface area contributed by atoms with E-state index in [0.717, 1.165) is 42.3 Å². The van der Waals surface area contributed by atoms with Crippen LogP contribution >= 0.6 is 11.3 Å². The molecule has 0 aromatic carbocycles. The number of likely N-dealkylation sites (tertiary alicyclic amines) is 1. The van der Waals surface area contributed by atoms with E-state index in [4.69, 9.17) is 4.98 Å². The van der Waals surface area contributed by atoms with E-state index in [1.807, 2.05) is 13.0 Å². The molecule has 3 aromatic rings. The average Bonchev–Trinajstić information content (AvgIpc) is 3.35. The number of nitrogens with one attached hydrogen (secondary N) is 2. The summed E-state index contributed by atoms with van der Waals surface area (Å²) in [6, 6.07) is 2.60. The van der Waals surface area contributed by atoms with E-state index in [1.165, 1.54) is 10.1 Å². The van der Waals surface area contributed by atoms with Crippen LogP contribution in [0.4, 0.5) is 5.82 Å². The Balaban J connectivity index is 1.78. The smallest absolute Gasteiger partial charge is 0.178 e. The van der Waals surface area contributed by atoms with E-state index in [0.29, 0.717) is 17.4 Å². The number of hydrogen-bond donors (Lipinski definition) is 2. The highest BCUT2D eigenvalue weighted by Crippen LogP contribution is 2.24. The summed E-state index contributed by atoms with van der Waals surface area (Å²) in [6.45, 7) is 8.34. The first-order valence-electron chi connectivity index (χ1n) is 9.09. The number of piperidine rings is 1. The van der Waals surface area contributed by atoms with Crippen molar-refractivity contribution in [1.29, 1.82) is 0 Å². The number of fused-ring (bicyclic) bond motifs is 1. The normalized spacial score (nSPS) is 17.7. The van der Waals surface area contributed by atoms with Crippen molar-refractivity contribution in [3.05, 3.63) is 34.4 Å². The summed E-state index contributed by atoms with van der Waals surface area (Å²) in [5.41, 5.74) is 0.705. The van der Waals surface area contributed by atoms with Crippen molar-refractivity contribution in [2.24, 2.45) is 0 Å². The van der Waals surface area contributed by atoms with Crippen LogP contribution in [0.15, 0.2) is 18.0 Å². The second-order valence-electron chi connectivity index (χ2n) is 6.85. The first-order chi connectivity index (χ1) is 13.2. The molecule has 0 atom stereocenters. The van der Waals surface area contributed by atoms with E-state index in [2.05, 4.69) is 62.0 Å². The van der Waals surface area contributed by atoms with Gasteiger partial charge in [-0.25, -0.2) is 10.1 Å². The molecule has 27 heavy (non-hydrogen) atoms. The Kier molecular flexibility index (Phi) is 5.00. The number of hydrogen-bond acceptors (Lipinski definition) is 7. The van der Waals surface area contributed by atoms with E-state index >= 15 is 0 Å². The second-order valence-corrected chi connectivity index (χ2v) is 7.77. The lowest BCUT2D eigenvalue weighted by Crippen LogP contribution is -2.38. The molecule has 0 saturated carbocycles. The van der Waals surface area contributed by atoms with E-state index in [9.17, 15) is 0 Å². The third kappa shape index (κ3) is 3.63. The number of rotatable bonds is 4. The number of nitrogens with zero attached hydrogens (tertiary/aromatic N) is 5. The number of H-pyrrole nitrogens is 1. The lowest BCUT2D eigenvalue weighted by Gasteiger charge is -2.30. The largest absolute Gasteiger partial charge is 0.367 e. The third-order valence-corrected chi connectivity index (χ3v) is 5.93. The van der Waals surface area contributed by atoms with Crippen molar-refractivity contribution in [1.82, 2.24) is 30.5 Å². The highest BCUT2D eigenvalue weighted by atomic mass is 32.1. The van der Waals surface area contributed by atoms with E-state index < -0.39 is 0 Å². The van der Waals surface area contributed by atoms with Crippen LogP contribution in [0, 0.1) is 0 Å². The zero-order valence-electron chi connectivity index (χ0n) is 15.6. The number of anilines is 1. The first-order valence-corrected chi connectivity index (χ1v) is 9.97. The number of tetrazole rings is 1. The lowest BCUT2D eigenvalue weighted by atomic mass is 10.1. The van der Waals surface area contributed by atoms with E-state index in [-0.39, 0.29) is 0 Å². The van der Waals surface area contributed by atoms with Gasteiger partial charge in [0.05, 0.1) is 5.35 Å². The van der Waals surface area contributed by atoms with Gasteiger partial charge in [-0.2, -0.15) is 0 Å². The average molecular weight is 382 g/mol. The molecule has 0 amide bonds. The second kappa shape index (κ2) is 7.58. The zero-order valence-corrected chi connectivity index (χ0v) is 16.4. The first kappa shape index (κ1) is 17.8. The van der Waals surface area contributed by atoms with Gasteiger partial charge >= 0.3 is 0 Å². The van der Waals surface area contributed by atoms with Gasteiger partial charge in [0.1, 0.15) is 5.82 Å². The Morgan fingerprint density at radius 1 is 1.41 bits per heavy atom. The van der Waals surface area contributed by atoms with E-state index in [1.54, 1.807) is 11.3 Å². The van der Waals surface area contributed by atoms with Crippen LogP contribution < -0.4 is 15.9 Å². The number of aromatic amines is 1. The molecule has 140 valence electrons. The Morgan fingerprint density at radius 3 is 2.93 bits per heavy atom. The van der Waals surface area contributed by atoms with Gasteiger partial charge in [-0.05, 0) is 67.9 Å². The van der Waals surface area contributed by atoms with Crippen LogP contribution in [0.2, 0.25) is 0 Å². The third-order valence-electron chi connectivity index (χ3n) is 4.98. The number of pyridine rings is 1. The quantitative estimate of drug-likeness (QED) is 0.715. The van der Waals surface area contributed by atoms with Crippen LogP contribution in [0.1, 0.15) is 25.6 Å². The Labute approximate surface area is 161 Å². The Hall–Kier alpha value is -2.58. The minimum atomic E-state index is 0.447. The Bertz CT molecular complexity index is 1060. The molecular weight excluding hydrogens is 358 g/mol. The van der Waals surface area contributed by atoms with Gasteiger partial charge in [-0.1, -0.05) is 12.7 Å². The molecule has 2 N–H and O–H groups in total. The SMILES string of the molecule is C=C(/C=c1/nc(NC2CCN(C)CC2)c2ccsc2/c1=C/C)c1nnn[nH]1. The zero-order chi connectivity index (χ0) is 18.8. The molecule has 0 spiro atoms. The van der Waals surface area contributed by atoms with Crippen molar-refractivity contribution >= 4 is 45.0 Å². The van der Waals surface area contributed by atoms with Crippen LogP contribution in [0.5, 0.6) is 0 Å². The van der Waals surface area contributed by atoms with Crippen molar-refractivity contribution in [2.75, 3.05) is 25.5 Å². The molecule has 3 aromatic heterocycles. The molecule has 1 saturated heterocycles. The molecule has 0 unspecified atom stereocenters. The summed E-state index contributed by atoms with van der Waals surface area (Å²) in [5, 5.41) is 22.9. The summed E-state index contributed by atoms with van der Waals surface area (Å²) in [7, 11) is 2.18. The Morgan fingerprint density at radius 2 is 2.22 bits per heavy atom. The summed E-state index contributed by atoms with van der Waals surface area (Å²) >= 11 is 1.74. The molecule has 1 fully saturated rings. The maximum Gasteiger partial charge on any atom is 0.178 e. The minimum Gasteiger partial charge on any atom is -0.367 e. The number of allylic oxidation sites excluding steroid dienone is 1. The molecule has 4 rings (SSSR count). The van der Waals surface area contributed by atoms with Gasteiger partial charge in [-0.15, -0.1) is 16.4 Å². The van der Waals surface area contributed by atoms with Crippen molar-refractivity contribution in [3.63, 3.8) is 0 Å². The number of thiophene rings is 1. The standard InChI is InChI=1S/C19H23N7S/c1-4-14-16(11-12(2)18-22-24-25-23-18)21-19(15-7-10-27-17(14)15)20-13-5-8-26(3)9-6-13/h4,7,10-11,13H,2,5-6,8-9H2,1,3H3,(H,20,21)(H,22,23,24,25)/b14-4+,16-11+. The molecule has 8 heteroatoms. The predicted molar refractivity (Wildman–Crippen MR) is 111 cm³/mol. The van der Waals surface area contributed by atoms with Gasteiger partial charge in [0, 0.05) is 26.9 Å². The van der Waals surface area contributed by atoms with Crippen molar-refractivity contribution in [3.8, 4) is 0 Å². The molecule has 7 nitrogen and oxygen atoms in total. The molecule has 0 aliphatic carbocycles. The molecular formula is C19H23N7S. The summed E-state index contributed by atoms with van der Waals surface area (Å²) in [5.74, 6) is 1.50. The maximum absolute atomic E-state index is 4.96. The van der Waals surface area contributed by atoms with Gasteiger partial charge < -0.3 is 10.2 Å². The summed E-state index contributed by atoms with van der Waals surface area (Å²) in [6.07, 6.45) is 6.29. The number of aromatic nitrogens is 5. The van der Waals surface area contributed by atoms with Gasteiger partial charge in [0.25, 0.3) is 0 Å². The fraction of sp³-hybridized carbons (Fsp3) is 0.368. The lowest BCUT2D eigenvalue weighted by molar-refractivity contribution is 0.263. The molecule has 1 aliphatic heterocycles. The van der Waals surface area contributed by atoms with Gasteiger partial charge in [-0.3, -0.25) is 0 Å². The molecule has 0 radical (unpaired) electrons. The molecule has 0 bridgehead atoms. The highest BCUT2D eigenvalue weighted by molar-refractivity contribution is 7.17. The monoisotopic (exact) mass is 381 g/mol.